The summed E-state index contributed by atoms with van der Waals surface area (Å²) in [6.07, 6.45) is -4.05. The van der Waals surface area contributed by atoms with Crippen molar-refractivity contribution < 1.29 is 37.4 Å². The van der Waals surface area contributed by atoms with Crippen molar-refractivity contribution in [2.75, 3.05) is 13.2 Å². The van der Waals surface area contributed by atoms with E-state index in [1.807, 2.05) is 4.98 Å². The average molecular weight is 594 g/mol. The maximum Gasteiger partial charge on any atom is 0.459 e. The number of rotatable bonds is 10. The standard InChI is InChI=1S/C21H26BrFN3O9P/c1-4-32-18(29)20(2,3)25-36(31,35-13-8-6-5-7-9-13)33-12-14-16(28)21(22,23)17(34-14)26-11-10-15(27)24-19(26)30/h5-11,14,16-17,28H,4,12H2,1-3H3,(H,25,31)(H,24,27,30)/t14-,16-,17-,21-,36+/m1/s1. The number of alkyl halides is 2. The quantitative estimate of drug-likeness (QED) is 0.211. The van der Waals surface area contributed by atoms with Gasteiger partial charge in [-0.1, -0.05) is 18.2 Å². The van der Waals surface area contributed by atoms with Crippen molar-refractivity contribution in [3.05, 3.63) is 63.4 Å². The number of aromatic nitrogens is 2. The van der Waals surface area contributed by atoms with Crippen LogP contribution in [-0.4, -0.2) is 56.2 Å². The minimum absolute atomic E-state index is 0.0755. The number of nitrogens with one attached hydrogen (secondary N) is 2. The molecule has 1 aliphatic rings. The summed E-state index contributed by atoms with van der Waals surface area (Å²) in [4.78, 5) is 37.8. The number of aliphatic hydroxyl groups excluding tert-OH is 1. The second-order valence-corrected chi connectivity index (χ2v) is 11.2. The van der Waals surface area contributed by atoms with Crippen molar-refractivity contribution in [3.63, 3.8) is 0 Å². The molecule has 0 aliphatic carbocycles. The number of para-hydroxylation sites is 1. The lowest BCUT2D eigenvalue weighted by Crippen LogP contribution is -2.47. The van der Waals surface area contributed by atoms with Gasteiger partial charge < -0.3 is 19.1 Å². The van der Waals surface area contributed by atoms with E-state index < -0.39 is 60.1 Å². The van der Waals surface area contributed by atoms with E-state index in [1.54, 1.807) is 25.1 Å². The zero-order valence-electron chi connectivity index (χ0n) is 19.6. The number of hydrogen-bond donors (Lipinski definition) is 3. The summed E-state index contributed by atoms with van der Waals surface area (Å²) in [5.41, 5.74) is -3.21. The Balaban J connectivity index is 1.84. The largest absolute Gasteiger partial charge is 0.465 e. The van der Waals surface area contributed by atoms with Crippen LogP contribution in [0.25, 0.3) is 0 Å². The van der Waals surface area contributed by atoms with Crippen LogP contribution in [-0.2, 0) is 23.4 Å². The van der Waals surface area contributed by atoms with Gasteiger partial charge in [0, 0.05) is 12.3 Å². The first kappa shape index (κ1) is 28.2. The third-order valence-electron chi connectivity index (χ3n) is 5.06. The topological polar surface area (TPSA) is 158 Å². The van der Waals surface area contributed by atoms with Crippen LogP contribution in [0, 0.1) is 0 Å². The minimum Gasteiger partial charge on any atom is -0.465 e. The van der Waals surface area contributed by atoms with Gasteiger partial charge in [-0.3, -0.25) is 23.7 Å². The fourth-order valence-corrected chi connectivity index (χ4v) is 5.60. The number of nitrogens with zero attached hydrogens (tertiary/aromatic N) is 1. The normalized spacial score (nSPS) is 25.8. The summed E-state index contributed by atoms with van der Waals surface area (Å²) < 4.78 is 48.6. The number of benzene rings is 1. The van der Waals surface area contributed by atoms with E-state index in [9.17, 15) is 24.1 Å². The Hall–Kier alpha value is -2.35. The van der Waals surface area contributed by atoms with Crippen LogP contribution in [0.3, 0.4) is 0 Å². The molecule has 1 fully saturated rings. The predicted octanol–water partition coefficient (Wildman–Crippen LogP) is 1.99. The maximum atomic E-state index is 15.4. The summed E-state index contributed by atoms with van der Waals surface area (Å²) in [5, 5.41) is 13.1. The predicted molar refractivity (Wildman–Crippen MR) is 128 cm³/mol. The molecule has 5 atom stereocenters. The van der Waals surface area contributed by atoms with Crippen molar-refractivity contribution in [1.29, 1.82) is 0 Å². The molecule has 1 aromatic carbocycles. The zero-order valence-corrected chi connectivity index (χ0v) is 22.0. The summed E-state index contributed by atoms with van der Waals surface area (Å²) in [5.74, 6) is -0.595. The lowest BCUT2D eigenvalue weighted by atomic mass is 10.1. The Morgan fingerprint density at radius 3 is 2.61 bits per heavy atom. The van der Waals surface area contributed by atoms with Crippen molar-refractivity contribution >= 4 is 29.6 Å². The maximum absolute atomic E-state index is 15.4. The third-order valence-corrected chi connectivity index (χ3v) is 7.70. The third kappa shape index (κ3) is 6.31. The number of halogens is 2. The highest BCUT2D eigenvalue weighted by Gasteiger charge is 2.57. The second kappa shape index (κ2) is 11.0. The van der Waals surface area contributed by atoms with Gasteiger partial charge in [-0.15, -0.1) is 0 Å². The van der Waals surface area contributed by atoms with Gasteiger partial charge in [0.1, 0.15) is 23.5 Å². The molecule has 3 N–H and O–H groups in total. The lowest BCUT2D eigenvalue weighted by Gasteiger charge is -2.29. The molecule has 2 heterocycles. The Kier molecular flexibility index (Phi) is 8.59. The fourth-order valence-electron chi connectivity index (χ4n) is 3.29. The van der Waals surface area contributed by atoms with Gasteiger partial charge in [0.15, 0.2) is 6.23 Å². The molecule has 0 amide bonds. The molecule has 36 heavy (non-hydrogen) atoms. The number of carbonyl (C=O) groups excluding carboxylic acids is 1. The summed E-state index contributed by atoms with van der Waals surface area (Å²) in [6.45, 7) is 3.81. The minimum atomic E-state index is -4.36. The Morgan fingerprint density at radius 1 is 1.33 bits per heavy atom. The van der Waals surface area contributed by atoms with E-state index in [2.05, 4.69) is 21.0 Å². The van der Waals surface area contributed by atoms with Crippen molar-refractivity contribution in [2.24, 2.45) is 0 Å². The van der Waals surface area contributed by atoms with E-state index in [1.165, 1.54) is 26.0 Å². The van der Waals surface area contributed by atoms with Gasteiger partial charge in [0.05, 0.1) is 13.2 Å². The number of H-pyrrole nitrogens is 1. The molecule has 0 saturated carbocycles. The van der Waals surface area contributed by atoms with Gasteiger partial charge in [0.25, 0.3) is 5.56 Å². The van der Waals surface area contributed by atoms with Gasteiger partial charge in [-0.25, -0.2) is 13.8 Å². The highest BCUT2D eigenvalue weighted by Crippen LogP contribution is 2.50. The molecular weight excluding hydrogens is 568 g/mol. The average Bonchev–Trinajstić information content (AvgIpc) is 3.01. The fraction of sp³-hybridized carbons (Fsp3) is 0.476. The van der Waals surface area contributed by atoms with Crippen LogP contribution in [0.2, 0.25) is 0 Å². The van der Waals surface area contributed by atoms with Crippen LogP contribution in [0.15, 0.2) is 52.2 Å². The summed E-state index contributed by atoms with van der Waals surface area (Å²) >= 11 is 2.74. The first-order chi connectivity index (χ1) is 16.8. The number of aliphatic hydroxyl groups is 1. The second-order valence-electron chi connectivity index (χ2n) is 8.32. The van der Waals surface area contributed by atoms with E-state index in [4.69, 9.17) is 18.5 Å². The number of ether oxygens (including phenoxy) is 2. The molecule has 1 aromatic heterocycles. The van der Waals surface area contributed by atoms with Gasteiger partial charge in [-0.2, -0.15) is 5.09 Å². The van der Waals surface area contributed by atoms with Crippen molar-refractivity contribution in [2.45, 2.75) is 49.3 Å². The van der Waals surface area contributed by atoms with Crippen LogP contribution in [0.1, 0.15) is 27.0 Å². The summed E-state index contributed by atoms with van der Waals surface area (Å²) in [6, 6.07) is 8.92. The summed E-state index contributed by atoms with van der Waals surface area (Å²) in [7, 11) is -4.36. The Bertz CT molecular complexity index is 1240. The van der Waals surface area contributed by atoms with Gasteiger partial charge in [-0.05, 0) is 48.8 Å². The van der Waals surface area contributed by atoms with Crippen molar-refractivity contribution in [3.8, 4) is 5.75 Å². The van der Waals surface area contributed by atoms with Crippen LogP contribution < -0.4 is 20.9 Å². The van der Waals surface area contributed by atoms with Crippen LogP contribution in [0.5, 0.6) is 5.75 Å². The van der Waals surface area contributed by atoms with Crippen LogP contribution >= 0.6 is 23.7 Å². The molecule has 198 valence electrons. The first-order valence-electron chi connectivity index (χ1n) is 10.8. The molecule has 3 rings (SSSR count). The van der Waals surface area contributed by atoms with Crippen LogP contribution in [0.4, 0.5) is 4.39 Å². The molecular formula is C21H26BrFN3O9P. The number of esters is 1. The molecule has 0 radical (unpaired) electrons. The lowest BCUT2D eigenvalue weighted by molar-refractivity contribution is -0.149. The van der Waals surface area contributed by atoms with E-state index in [0.29, 0.717) is 0 Å². The van der Waals surface area contributed by atoms with E-state index in [-0.39, 0.29) is 12.4 Å². The Morgan fingerprint density at radius 2 is 2.00 bits per heavy atom. The SMILES string of the molecule is CCOC(=O)C(C)(C)N[P@](=O)(OC[C@H]1O[C@@H](n2ccc(=O)[nH]c2=O)[C@@](F)(Br)[C@@H]1O)Oc1ccccc1. The molecule has 0 spiro atoms. The Labute approximate surface area is 213 Å². The smallest absolute Gasteiger partial charge is 0.459 e. The number of carbonyl (C=O) groups is 1. The zero-order chi connectivity index (χ0) is 26.7. The van der Waals surface area contributed by atoms with E-state index >= 15 is 4.39 Å². The molecule has 0 unspecified atom stereocenters. The molecule has 12 nitrogen and oxygen atoms in total. The molecule has 15 heteroatoms. The molecule has 1 saturated heterocycles. The first-order valence-corrected chi connectivity index (χ1v) is 13.1. The monoisotopic (exact) mass is 593 g/mol. The van der Waals surface area contributed by atoms with Gasteiger partial charge in [0.2, 0.25) is 4.58 Å². The van der Waals surface area contributed by atoms with Gasteiger partial charge >= 0.3 is 19.4 Å². The molecule has 0 bridgehead atoms. The highest BCUT2D eigenvalue weighted by atomic mass is 79.9. The van der Waals surface area contributed by atoms with E-state index in [0.717, 1.165) is 16.8 Å². The number of hydrogen-bond acceptors (Lipinski definition) is 9. The number of aromatic amines is 1. The highest BCUT2D eigenvalue weighted by molar-refractivity contribution is 9.10. The van der Waals surface area contributed by atoms with Crippen molar-refractivity contribution in [1.82, 2.24) is 14.6 Å². The molecule has 2 aromatic rings. The molecule has 1 aliphatic heterocycles.